The second-order valence-corrected chi connectivity index (χ2v) is 8.61. The summed E-state index contributed by atoms with van der Waals surface area (Å²) in [7, 11) is 0. The molecule has 1 saturated carbocycles. The lowest BCUT2D eigenvalue weighted by Gasteiger charge is -2.30. The van der Waals surface area contributed by atoms with Gasteiger partial charge in [-0.15, -0.1) is 0 Å². The summed E-state index contributed by atoms with van der Waals surface area (Å²) >= 11 is 0. The summed E-state index contributed by atoms with van der Waals surface area (Å²) in [6.07, 6.45) is 3.76. The van der Waals surface area contributed by atoms with Crippen molar-refractivity contribution in [3.8, 4) is 0 Å². The molecule has 2 aromatic rings. The Hall–Kier alpha value is -3.43. The van der Waals surface area contributed by atoms with E-state index in [0.717, 1.165) is 36.6 Å². The summed E-state index contributed by atoms with van der Waals surface area (Å²) in [6, 6.07) is 4.48. The zero-order chi connectivity index (χ0) is 23.4. The molecule has 32 heavy (non-hydrogen) atoms. The van der Waals surface area contributed by atoms with E-state index < -0.39 is 17.9 Å². The number of aryl methyl sites for hydroxylation is 1. The Bertz CT molecular complexity index is 1030. The second kappa shape index (κ2) is 9.80. The topological polar surface area (TPSA) is 169 Å². The molecule has 1 heterocycles. The predicted molar refractivity (Wildman–Crippen MR) is 123 cm³/mol. The highest BCUT2D eigenvalue weighted by Gasteiger charge is 2.28. The molecule has 1 amide bonds. The first-order valence-corrected chi connectivity index (χ1v) is 10.8. The number of benzene rings is 1. The van der Waals surface area contributed by atoms with Crippen LogP contribution >= 0.6 is 0 Å². The van der Waals surface area contributed by atoms with Gasteiger partial charge < -0.3 is 27.2 Å². The number of nitrogens with zero attached hydrogens (tertiary/aromatic N) is 3. The number of nitrogens with one attached hydrogen (secondary N) is 2. The number of hydrogen-bond acceptors (Lipinski definition) is 6. The van der Waals surface area contributed by atoms with Crippen LogP contribution in [0.4, 0.5) is 5.82 Å². The van der Waals surface area contributed by atoms with E-state index in [1.807, 2.05) is 25.1 Å². The Morgan fingerprint density at radius 3 is 2.56 bits per heavy atom. The van der Waals surface area contributed by atoms with Crippen molar-refractivity contribution in [3.63, 3.8) is 0 Å². The second-order valence-electron chi connectivity index (χ2n) is 8.61. The predicted octanol–water partition coefficient (Wildman–Crippen LogP) is 1.77. The van der Waals surface area contributed by atoms with Gasteiger partial charge >= 0.3 is 5.97 Å². The van der Waals surface area contributed by atoms with E-state index >= 15 is 0 Å². The molecule has 2 unspecified atom stereocenters. The monoisotopic (exact) mass is 441 g/mol. The zero-order valence-corrected chi connectivity index (χ0v) is 18.6. The number of rotatable bonds is 7. The van der Waals surface area contributed by atoms with E-state index in [0.29, 0.717) is 11.3 Å². The average Bonchev–Trinajstić information content (AvgIpc) is 2.72. The van der Waals surface area contributed by atoms with Crippen LogP contribution in [0.5, 0.6) is 0 Å². The fourth-order valence-corrected chi connectivity index (χ4v) is 3.97. The number of guanidine groups is 1. The highest BCUT2D eigenvalue weighted by Crippen LogP contribution is 2.28. The molecule has 0 bridgehead atoms. The van der Waals surface area contributed by atoms with Crippen LogP contribution in [0.1, 0.15) is 55.7 Å². The molecule has 3 rings (SSSR count). The Balaban J connectivity index is 1.99. The van der Waals surface area contributed by atoms with E-state index in [2.05, 4.69) is 25.6 Å². The Morgan fingerprint density at radius 2 is 1.91 bits per heavy atom. The van der Waals surface area contributed by atoms with Crippen LogP contribution in [0.3, 0.4) is 0 Å². The molecule has 1 aliphatic carbocycles. The number of carboxylic acid groups (broad SMARTS) is 1. The number of aliphatic carboxylic acids is 1. The summed E-state index contributed by atoms with van der Waals surface area (Å²) in [4.78, 5) is 37.6. The molecule has 0 aliphatic heterocycles. The van der Waals surface area contributed by atoms with Gasteiger partial charge in [-0.25, -0.2) is 19.8 Å². The summed E-state index contributed by atoms with van der Waals surface area (Å²) in [5.41, 5.74) is 12.9. The van der Waals surface area contributed by atoms with Gasteiger partial charge in [-0.3, -0.25) is 4.79 Å². The van der Waals surface area contributed by atoms with Gasteiger partial charge in [0.05, 0.1) is 17.6 Å². The standard InChI is InChI=1S/C22H31N7O3/c1-11(2)17(21(31)32)28-20(30)19-25-14-9-8-12(3)10-13(14)18(29-19)26-15-6-4-5-7-16(15)27-22(23)24/h8-11,15-17H,4-7H2,1-3H3,(H,28,30)(H,31,32)(H4,23,24,27)(H,25,26,29)/t15?,16?,17-/m0/s1. The first kappa shape index (κ1) is 23.2. The summed E-state index contributed by atoms with van der Waals surface area (Å²) in [5, 5.41) is 16.1. The van der Waals surface area contributed by atoms with Crippen LogP contribution in [-0.2, 0) is 4.79 Å². The molecule has 3 atom stereocenters. The van der Waals surface area contributed by atoms with E-state index in [1.54, 1.807) is 13.8 Å². The van der Waals surface area contributed by atoms with Crippen molar-refractivity contribution in [1.29, 1.82) is 0 Å². The minimum atomic E-state index is -1.11. The highest BCUT2D eigenvalue weighted by molar-refractivity contribution is 5.98. The minimum Gasteiger partial charge on any atom is -0.480 e. The summed E-state index contributed by atoms with van der Waals surface area (Å²) in [6.45, 7) is 5.42. The third kappa shape index (κ3) is 5.43. The van der Waals surface area contributed by atoms with Crippen molar-refractivity contribution in [2.75, 3.05) is 5.32 Å². The number of amides is 1. The normalized spacial score (nSPS) is 19.4. The number of carbonyl (C=O) groups is 2. The lowest BCUT2D eigenvalue weighted by Crippen LogP contribution is -2.45. The Labute approximate surface area is 186 Å². The quantitative estimate of drug-likeness (QED) is 0.320. The molecule has 1 aliphatic rings. The lowest BCUT2D eigenvalue weighted by molar-refractivity contribution is -0.140. The summed E-state index contributed by atoms with van der Waals surface area (Å²) in [5.74, 6) is -1.58. The fourth-order valence-electron chi connectivity index (χ4n) is 3.97. The number of aromatic nitrogens is 2. The maximum absolute atomic E-state index is 12.8. The number of fused-ring (bicyclic) bond motifs is 1. The molecule has 1 aromatic heterocycles. The average molecular weight is 442 g/mol. The maximum atomic E-state index is 12.8. The van der Waals surface area contributed by atoms with E-state index in [9.17, 15) is 14.7 Å². The molecule has 0 saturated heterocycles. The van der Waals surface area contributed by atoms with Gasteiger partial charge in [0.1, 0.15) is 11.9 Å². The molecule has 1 fully saturated rings. The molecular weight excluding hydrogens is 410 g/mol. The van der Waals surface area contributed by atoms with Crippen molar-refractivity contribution in [1.82, 2.24) is 15.3 Å². The smallest absolute Gasteiger partial charge is 0.326 e. The van der Waals surface area contributed by atoms with Crippen LogP contribution in [0.2, 0.25) is 0 Å². The number of nitrogens with two attached hydrogens (primary N) is 2. The SMILES string of the molecule is Cc1ccc2nc(C(=O)N[C@H](C(=O)O)C(C)C)nc(NC3CCCCC3N=C(N)N)c2c1. The van der Waals surface area contributed by atoms with Crippen LogP contribution < -0.4 is 22.1 Å². The largest absolute Gasteiger partial charge is 0.480 e. The van der Waals surface area contributed by atoms with Crippen molar-refractivity contribution in [2.45, 2.75) is 64.6 Å². The van der Waals surface area contributed by atoms with E-state index in [4.69, 9.17) is 11.5 Å². The van der Waals surface area contributed by atoms with Gasteiger partial charge in [-0.2, -0.15) is 0 Å². The van der Waals surface area contributed by atoms with Crippen LogP contribution in [0, 0.1) is 12.8 Å². The number of aliphatic imine (C=N–C) groups is 1. The molecular formula is C22H31N7O3. The number of carboxylic acids is 1. The van der Waals surface area contributed by atoms with Gasteiger partial charge in [0.25, 0.3) is 5.91 Å². The molecule has 0 radical (unpaired) electrons. The number of hydrogen-bond donors (Lipinski definition) is 5. The minimum absolute atomic E-state index is 0.0422. The third-order valence-corrected chi connectivity index (χ3v) is 5.64. The van der Waals surface area contributed by atoms with E-state index in [1.165, 1.54) is 0 Å². The van der Waals surface area contributed by atoms with Gasteiger partial charge in [0.2, 0.25) is 5.82 Å². The van der Waals surface area contributed by atoms with Gasteiger partial charge in [-0.05, 0) is 37.8 Å². The molecule has 1 aromatic carbocycles. The number of carbonyl (C=O) groups excluding carboxylic acids is 1. The first-order chi connectivity index (χ1) is 15.2. The first-order valence-electron chi connectivity index (χ1n) is 10.8. The van der Waals surface area contributed by atoms with Crippen LogP contribution in [0.15, 0.2) is 23.2 Å². The van der Waals surface area contributed by atoms with Crippen molar-refractivity contribution in [2.24, 2.45) is 22.4 Å². The van der Waals surface area contributed by atoms with E-state index in [-0.39, 0.29) is 29.8 Å². The summed E-state index contributed by atoms with van der Waals surface area (Å²) < 4.78 is 0. The lowest BCUT2D eigenvalue weighted by atomic mass is 9.90. The molecule has 10 nitrogen and oxygen atoms in total. The Kier molecular flexibility index (Phi) is 7.12. The zero-order valence-electron chi connectivity index (χ0n) is 18.6. The van der Waals surface area contributed by atoms with Crippen LogP contribution in [-0.4, -0.2) is 51.0 Å². The van der Waals surface area contributed by atoms with Gasteiger partial charge in [0.15, 0.2) is 5.96 Å². The van der Waals surface area contributed by atoms with Crippen molar-refractivity contribution < 1.29 is 14.7 Å². The fraction of sp³-hybridized carbons (Fsp3) is 0.500. The Morgan fingerprint density at radius 1 is 1.19 bits per heavy atom. The number of anilines is 1. The van der Waals surface area contributed by atoms with Gasteiger partial charge in [-0.1, -0.05) is 38.3 Å². The molecule has 7 N–H and O–H groups in total. The van der Waals surface area contributed by atoms with Crippen LogP contribution in [0.25, 0.3) is 10.9 Å². The third-order valence-electron chi connectivity index (χ3n) is 5.64. The maximum Gasteiger partial charge on any atom is 0.326 e. The molecule has 10 heteroatoms. The molecule has 0 spiro atoms. The molecule has 172 valence electrons. The highest BCUT2D eigenvalue weighted by atomic mass is 16.4. The van der Waals surface area contributed by atoms with Gasteiger partial charge in [0, 0.05) is 5.39 Å². The van der Waals surface area contributed by atoms with Crippen molar-refractivity contribution >= 4 is 34.6 Å². The van der Waals surface area contributed by atoms with Crippen molar-refractivity contribution in [3.05, 3.63) is 29.6 Å².